The van der Waals surface area contributed by atoms with Gasteiger partial charge >= 0.3 is 6.09 Å². The van der Waals surface area contributed by atoms with E-state index >= 15 is 0 Å². The summed E-state index contributed by atoms with van der Waals surface area (Å²) < 4.78 is 10.9. The number of carbonyl (C=O) groups excluding carboxylic acids is 2. The molecule has 0 radical (unpaired) electrons. The molecule has 0 spiro atoms. The molecular formula is C16H21N3O4S. The van der Waals surface area contributed by atoms with Gasteiger partial charge in [-0.05, 0) is 31.0 Å². The summed E-state index contributed by atoms with van der Waals surface area (Å²) >= 11 is 1.35. The first kappa shape index (κ1) is 18.0. The third-order valence-electron chi connectivity index (χ3n) is 3.32. The van der Waals surface area contributed by atoms with Gasteiger partial charge in [0.1, 0.15) is 11.8 Å². The van der Waals surface area contributed by atoms with E-state index in [1.54, 1.807) is 14.0 Å². The number of rotatable bonds is 6. The minimum atomic E-state index is -0.703. The number of aromatic nitrogens is 1. The van der Waals surface area contributed by atoms with E-state index in [2.05, 4.69) is 15.6 Å². The maximum atomic E-state index is 12.5. The number of anilines is 1. The van der Waals surface area contributed by atoms with E-state index in [-0.39, 0.29) is 18.4 Å². The van der Waals surface area contributed by atoms with Crippen molar-refractivity contribution >= 4 is 38.7 Å². The molecule has 0 aliphatic rings. The van der Waals surface area contributed by atoms with Gasteiger partial charge in [0.15, 0.2) is 5.13 Å². The molecule has 0 aliphatic heterocycles. The first-order chi connectivity index (χ1) is 11.4. The van der Waals surface area contributed by atoms with Crippen LogP contribution >= 0.6 is 11.3 Å². The second kappa shape index (κ2) is 7.96. The molecule has 1 aromatic heterocycles. The first-order valence-electron chi connectivity index (χ1n) is 7.63. The van der Waals surface area contributed by atoms with E-state index in [0.29, 0.717) is 5.13 Å². The van der Waals surface area contributed by atoms with Gasteiger partial charge in [0.2, 0.25) is 5.91 Å². The summed E-state index contributed by atoms with van der Waals surface area (Å²) in [6, 6.07) is 4.80. The van der Waals surface area contributed by atoms with Gasteiger partial charge in [0.05, 0.1) is 23.9 Å². The van der Waals surface area contributed by atoms with Crippen LogP contribution in [0.25, 0.3) is 10.2 Å². The number of nitrogens with one attached hydrogen (secondary N) is 2. The minimum Gasteiger partial charge on any atom is -0.497 e. The van der Waals surface area contributed by atoms with E-state index in [0.717, 1.165) is 16.0 Å². The van der Waals surface area contributed by atoms with Crippen LogP contribution in [0.4, 0.5) is 9.93 Å². The zero-order valence-electron chi connectivity index (χ0n) is 14.1. The fourth-order valence-corrected chi connectivity index (χ4v) is 3.00. The van der Waals surface area contributed by atoms with Gasteiger partial charge < -0.3 is 20.1 Å². The van der Waals surface area contributed by atoms with Crippen molar-refractivity contribution in [2.45, 2.75) is 26.8 Å². The summed E-state index contributed by atoms with van der Waals surface area (Å²) in [7, 11) is 1.60. The Hall–Kier alpha value is -2.35. The summed E-state index contributed by atoms with van der Waals surface area (Å²) in [6.45, 7) is 5.65. The molecule has 0 fully saturated rings. The monoisotopic (exact) mass is 351 g/mol. The number of methoxy groups -OCH3 is 1. The van der Waals surface area contributed by atoms with Crippen LogP contribution in [-0.4, -0.2) is 36.7 Å². The number of thiazole rings is 1. The number of benzene rings is 1. The van der Waals surface area contributed by atoms with Crippen molar-refractivity contribution in [3.8, 4) is 5.75 Å². The first-order valence-corrected chi connectivity index (χ1v) is 8.45. The molecule has 2 aromatic rings. The molecule has 2 amide bonds. The smallest absolute Gasteiger partial charge is 0.407 e. The lowest BCUT2D eigenvalue weighted by Gasteiger charge is -2.20. The van der Waals surface area contributed by atoms with Gasteiger partial charge in [0.25, 0.3) is 0 Å². The Balaban J connectivity index is 2.12. The summed E-state index contributed by atoms with van der Waals surface area (Å²) in [5.41, 5.74) is 0.774. The van der Waals surface area contributed by atoms with Crippen LogP contribution < -0.4 is 15.4 Å². The molecule has 24 heavy (non-hydrogen) atoms. The predicted octanol–water partition coefficient (Wildman–Crippen LogP) is 3.01. The van der Waals surface area contributed by atoms with E-state index < -0.39 is 12.1 Å². The Morgan fingerprint density at radius 3 is 2.71 bits per heavy atom. The average molecular weight is 351 g/mol. The number of carbonyl (C=O) groups is 2. The largest absolute Gasteiger partial charge is 0.497 e. The molecular weight excluding hydrogens is 330 g/mol. The molecule has 0 aliphatic carbocycles. The summed E-state index contributed by atoms with van der Waals surface area (Å²) in [5, 5.41) is 5.80. The van der Waals surface area contributed by atoms with Gasteiger partial charge in [-0.1, -0.05) is 25.2 Å². The highest BCUT2D eigenvalue weighted by Crippen LogP contribution is 2.29. The third kappa shape index (κ3) is 4.35. The van der Waals surface area contributed by atoms with Crippen LogP contribution in [0.5, 0.6) is 5.75 Å². The second-order valence-electron chi connectivity index (χ2n) is 5.43. The highest BCUT2D eigenvalue weighted by atomic mass is 32.1. The van der Waals surface area contributed by atoms with Gasteiger partial charge in [-0.2, -0.15) is 0 Å². The maximum absolute atomic E-state index is 12.5. The molecule has 7 nitrogen and oxygen atoms in total. The lowest BCUT2D eigenvalue weighted by molar-refractivity contribution is -0.119. The predicted molar refractivity (Wildman–Crippen MR) is 93.6 cm³/mol. The lowest BCUT2D eigenvalue weighted by atomic mass is 10.0. The van der Waals surface area contributed by atoms with Gasteiger partial charge in [-0.15, -0.1) is 0 Å². The van der Waals surface area contributed by atoms with Crippen molar-refractivity contribution in [1.29, 1.82) is 0 Å². The minimum absolute atomic E-state index is 0.0936. The fourth-order valence-electron chi connectivity index (χ4n) is 2.10. The van der Waals surface area contributed by atoms with Crippen molar-refractivity contribution in [1.82, 2.24) is 10.3 Å². The molecule has 1 heterocycles. The Kier molecular flexibility index (Phi) is 5.97. The van der Waals surface area contributed by atoms with Crippen LogP contribution in [0.2, 0.25) is 0 Å². The molecule has 1 unspecified atom stereocenters. The number of amides is 2. The standard InChI is InChI=1S/C16H21N3O4S/c1-5-23-16(21)18-13(9(2)3)14(20)19-15-17-11-7-6-10(22-4)8-12(11)24-15/h6-9,13H,5H2,1-4H3,(H,18,21)(H,17,19,20). The van der Waals surface area contributed by atoms with Crippen molar-refractivity contribution < 1.29 is 19.1 Å². The summed E-state index contributed by atoms with van der Waals surface area (Å²) in [5.74, 6) is 0.306. The van der Waals surface area contributed by atoms with Crippen molar-refractivity contribution in [2.75, 3.05) is 19.0 Å². The Morgan fingerprint density at radius 1 is 1.33 bits per heavy atom. The highest BCUT2D eigenvalue weighted by molar-refractivity contribution is 7.22. The van der Waals surface area contributed by atoms with Crippen molar-refractivity contribution in [2.24, 2.45) is 5.92 Å². The SMILES string of the molecule is CCOC(=O)NC(C(=O)Nc1nc2ccc(OC)cc2s1)C(C)C. The molecule has 1 aromatic carbocycles. The fraction of sp³-hybridized carbons (Fsp3) is 0.438. The number of hydrogen-bond donors (Lipinski definition) is 2. The number of fused-ring (bicyclic) bond motifs is 1. The number of alkyl carbamates (subject to hydrolysis) is 1. The van der Waals surface area contributed by atoms with Crippen molar-refractivity contribution in [3.63, 3.8) is 0 Å². The molecule has 2 N–H and O–H groups in total. The highest BCUT2D eigenvalue weighted by Gasteiger charge is 2.25. The van der Waals surface area contributed by atoms with E-state index in [1.807, 2.05) is 32.0 Å². The van der Waals surface area contributed by atoms with Gasteiger partial charge in [-0.3, -0.25) is 4.79 Å². The molecule has 0 saturated heterocycles. The zero-order valence-corrected chi connectivity index (χ0v) is 14.9. The molecule has 0 bridgehead atoms. The topological polar surface area (TPSA) is 89.5 Å². The molecule has 1 atom stereocenters. The van der Waals surface area contributed by atoms with Crippen LogP contribution in [0.1, 0.15) is 20.8 Å². The summed E-state index contributed by atoms with van der Waals surface area (Å²) in [6.07, 6.45) is -0.611. The Bertz CT molecular complexity index is 729. The molecule has 2 rings (SSSR count). The zero-order chi connectivity index (χ0) is 17.7. The Morgan fingerprint density at radius 2 is 2.08 bits per heavy atom. The van der Waals surface area contributed by atoms with Crippen LogP contribution in [0.15, 0.2) is 18.2 Å². The van der Waals surface area contributed by atoms with E-state index in [9.17, 15) is 9.59 Å². The van der Waals surface area contributed by atoms with Crippen LogP contribution in [0, 0.1) is 5.92 Å². The molecule has 130 valence electrons. The van der Waals surface area contributed by atoms with Crippen molar-refractivity contribution in [3.05, 3.63) is 18.2 Å². The molecule has 8 heteroatoms. The van der Waals surface area contributed by atoms with Crippen LogP contribution in [-0.2, 0) is 9.53 Å². The number of ether oxygens (including phenoxy) is 2. The third-order valence-corrected chi connectivity index (χ3v) is 4.26. The van der Waals surface area contributed by atoms with Crippen LogP contribution in [0.3, 0.4) is 0 Å². The average Bonchev–Trinajstić information content (AvgIpc) is 2.93. The summed E-state index contributed by atoms with van der Waals surface area (Å²) in [4.78, 5) is 28.4. The quantitative estimate of drug-likeness (QED) is 0.835. The van der Waals surface area contributed by atoms with Gasteiger partial charge in [-0.25, -0.2) is 9.78 Å². The second-order valence-corrected chi connectivity index (χ2v) is 6.46. The Labute approximate surface area is 144 Å². The van der Waals surface area contributed by atoms with E-state index in [1.165, 1.54) is 11.3 Å². The van der Waals surface area contributed by atoms with E-state index in [4.69, 9.17) is 9.47 Å². The molecule has 0 saturated carbocycles. The number of nitrogens with zero attached hydrogens (tertiary/aromatic N) is 1. The maximum Gasteiger partial charge on any atom is 0.407 e. The number of hydrogen-bond acceptors (Lipinski definition) is 6. The van der Waals surface area contributed by atoms with Gasteiger partial charge in [0, 0.05) is 0 Å². The lowest BCUT2D eigenvalue weighted by Crippen LogP contribution is -2.47. The normalized spacial score (nSPS) is 12.0.